The number of allylic oxidation sites excluding steroid dienone is 2. The van der Waals surface area contributed by atoms with Crippen molar-refractivity contribution >= 4 is 28.5 Å². The molecule has 0 fully saturated rings. The van der Waals surface area contributed by atoms with Gasteiger partial charge in [-0.3, -0.25) is 9.36 Å². The molecule has 1 aromatic heterocycles. The first-order chi connectivity index (χ1) is 11.6. The van der Waals surface area contributed by atoms with E-state index in [1.165, 1.54) is 6.08 Å². The standard InChI is InChI=1S/C18H21N5O/c1-5-8-16(19-4)22-17(6-2)23-12-20-14-10-9-13(11-15(14)23)21-18(24)7-3/h6-12,19H,2-3,5H2,1,4H3,(H,21,24)/b16-8-,22-17?. The number of nitrogens with zero attached hydrogens (tertiary/aromatic N) is 3. The van der Waals surface area contributed by atoms with Gasteiger partial charge >= 0.3 is 0 Å². The number of hydrogen-bond donors (Lipinski definition) is 2. The minimum atomic E-state index is -0.263. The Hall–Kier alpha value is -3.15. The maximum atomic E-state index is 11.5. The molecule has 0 saturated carbocycles. The van der Waals surface area contributed by atoms with Crippen LogP contribution in [0.5, 0.6) is 0 Å². The molecule has 1 aromatic carbocycles. The van der Waals surface area contributed by atoms with Gasteiger partial charge in [-0.2, -0.15) is 0 Å². The van der Waals surface area contributed by atoms with E-state index >= 15 is 0 Å². The zero-order chi connectivity index (χ0) is 17.5. The second-order valence-electron chi connectivity index (χ2n) is 4.93. The van der Waals surface area contributed by atoms with Gasteiger partial charge in [-0.25, -0.2) is 9.98 Å². The van der Waals surface area contributed by atoms with Crippen LogP contribution in [0, 0.1) is 0 Å². The first kappa shape index (κ1) is 17.2. The summed E-state index contributed by atoms with van der Waals surface area (Å²) in [4.78, 5) is 20.4. The fourth-order valence-corrected chi connectivity index (χ4v) is 2.18. The van der Waals surface area contributed by atoms with E-state index in [9.17, 15) is 4.79 Å². The Morgan fingerprint density at radius 1 is 1.38 bits per heavy atom. The highest BCUT2D eigenvalue weighted by atomic mass is 16.1. The molecule has 124 valence electrons. The fourth-order valence-electron chi connectivity index (χ4n) is 2.18. The van der Waals surface area contributed by atoms with E-state index < -0.39 is 0 Å². The SMILES string of the molecule is C=CC(=O)Nc1ccc2ncn(C(C=C)=N/C(=C\CC)NC)c2c1. The summed E-state index contributed by atoms with van der Waals surface area (Å²) in [7, 11) is 1.82. The quantitative estimate of drug-likeness (QED) is 0.487. The van der Waals surface area contributed by atoms with Crippen LogP contribution in [0.3, 0.4) is 0 Å². The average molecular weight is 323 g/mol. The second-order valence-corrected chi connectivity index (χ2v) is 4.93. The summed E-state index contributed by atoms with van der Waals surface area (Å²) in [6.07, 6.45) is 7.43. The Labute approximate surface area is 141 Å². The average Bonchev–Trinajstić information content (AvgIpc) is 3.01. The zero-order valence-corrected chi connectivity index (χ0v) is 13.9. The molecule has 0 bridgehead atoms. The highest BCUT2D eigenvalue weighted by Gasteiger charge is 2.08. The molecule has 2 aromatic rings. The molecule has 0 saturated heterocycles. The molecule has 6 nitrogen and oxygen atoms in total. The fraction of sp³-hybridized carbons (Fsp3) is 0.167. The van der Waals surface area contributed by atoms with E-state index in [1.54, 1.807) is 18.5 Å². The van der Waals surface area contributed by atoms with Gasteiger partial charge in [0.05, 0.1) is 11.0 Å². The monoisotopic (exact) mass is 323 g/mol. The van der Waals surface area contributed by atoms with Crippen LogP contribution in [0.15, 0.2) is 66.7 Å². The Kier molecular flexibility index (Phi) is 5.68. The summed E-state index contributed by atoms with van der Waals surface area (Å²) < 4.78 is 1.83. The van der Waals surface area contributed by atoms with Crippen molar-refractivity contribution in [2.24, 2.45) is 4.99 Å². The Bertz CT molecular complexity index is 829. The van der Waals surface area contributed by atoms with E-state index in [-0.39, 0.29) is 5.91 Å². The number of carbonyl (C=O) groups is 1. The van der Waals surface area contributed by atoms with Gasteiger partial charge in [0.2, 0.25) is 5.91 Å². The maximum Gasteiger partial charge on any atom is 0.247 e. The Balaban J connectivity index is 2.50. The molecule has 0 radical (unpaired) electrons. The molecule has 2 N–H and O–H groups in total. The number of rotatable bonds is 6. The molecule has 0 aliphatic carbocycles. The third kappa shape index (κ3) is 3.78. The Morgan fingerprint density at radius 2 is 2.17 bits per heavy atom. The lowest BCUT2D eigenvalue weighted by molar-refractivity contribution is -0.111. The number of hydrogen-bond acceptors (Lipinski definition) is 4. The van der Waals surface area contributed by atoms with Crippen LogP contribution < -0.4 is 10.6 Å². The topological polar surface area (TPSA) is 71.3 Å². The van der Waals surface area contributed by atoms with Crippen LogP contribution >= 0.6 is 0 Å². The lowest BCUT2D eigenvalue weighted by Crippen LogP contribution is -2.12. The lowest BCUT2D eigenvalue weighted by atomic mass is 10.2. The van der Waals surface area contributed by atoms with Crippen LogP contribution in [0.4, 0.5) is 5.69 Å². The van der Waals surface area contributed by atoms with Crippen molar-refractivity contribution in [2.45, 2.75) is 13.3 Å². The van der Waals surface area contributed by atoms with Crippen molar-refractivity contribution in [3.05, 3.63) is 61.7 Å². The first-order valence-corrected chi connectivity index (χ1v) is 7.62. The highest BCUT2D eigenvalue weighted by Crippen LogP contribution is 2.19. The van der Waals surface area contributed by atoms with Crippen molar-refractivity contribution in [2.75, 3.05) is 12.4 Å². The van der Waals surface area contributed by atoms with Gasteiger partial charge in [-0.1, -0.05) is 20.1 Å². The molecule has 24 heavy (non-hydrogen) atoms. The number of fused-ring (bicyclic) bond motifs is 1. The summed E-state index contributed by atoms with van der Waals surface area (Å²) in [5.41, 5.74) is 2.28. The predicted octanol–water partition coefficient (Wildman–Crippen LogP) is 3.06. The van der Waals surface area contributed by atoms with E-state index in [0.29, 0.717) is 11.5 Å². The molecule has 1 heterocycles. The number of amides is 1. The van der Waals surface area contributed by atoms with Crippen LogP contribution in [0.25, 0.3) is 11.0 Å². The van der Waals surface area contributed by atoms with E-state index in [2.05, 4.69) is 33.8 Å². The molecular weight excluding hydrogens is 302 g/mol. The lowest BCUT2D eigenvalue weighted by Gasteiger charge is -2.08. The van der Waals surface area contributed by atoms with Gasteiger partial charge in [0.1, 0.15) is 18.0 Å². The molecule has 0 spiro atoms. The summed E-state index contributed by atoms with van der Waals surface area (Å²) in [6.45, 7) is 9.33. The minimum Gasteiger partial charge on any atom is -0.373 e. The number of aliphatic imine (C=N–C) groups is 1. The summed E-state index contributed by atoms with van der Waals surface area (Å²) in [5.74, 6) is 1.13. The first-order valence-electron chi connectivity index (χ1n) is 7.62. The summed E-state index contributed by atoms with van der Waals surface area (Å²) >= 11 is 0. The molecule has 1 amide bonds. The second kappa shape index (κ2) is 7.92. The highest BCUT2D eigenvalue weighted by molar-refractivity contribution is 6.03. The molecule has 0 unspecified atom stereocenters. The van der Waals surface area contributed by atoms with Gasteiger partial charge in [0.15, 0.2) is 0 Å². The van der Waals surface area contributed by atoms with Gasteiger partial charge in [-0.15, -0.1) is 0 Å². The van der Waals surface area contributed by atoms with Gasteiger partial charge in [0, 0.05) is 12.7 Å². The number of carbonyl (C=O) groups excluding carboxylic acids is 1. The van der Waals surface area contributed by atoms with Crippen molar-refractivity contribution in [1.29, 1.82) is 0 Å². The van der Waals surface area contributed by atoms with E-state index in [0.717, 1.165) is 23.3 Å². The smallest absolute Gasteiger partial charge is 0.247 e. The van der Waals surface area contributed by atoms with Gasteiger partial charge in [-0.05, 0) is 42.8 Å². The molecule has 6 heteroatoms. The maximum absolute atomic E-state index is 11.5. The van der Waals surface area contributed by atoms with Crippen molar-refractivity contribution in [3.63, 3.8) is 0 Å². The van der Waals surface area contributed by atoms with E-state index in [4.69, 9.17) is 0 Å². The summed E-state index contributed by atoms with van der Waals surface area (Å²) in [5, 5.41) is 5.79. The van der Waals surface area contributed by atoms with Crippen molar-refractivity contribution in [3.8, 4) is 0 Å². The molecule has 0 aliphatic rings. The van der Waals surface area contributed by atoms with Crippen LogP contribution in [0.2, 0.25) is 0 Å². The third-order valence-electron chi connectivity index (χ3n) is 3.32. The molecule has 2 rings (SSSR count). The number of imidazole rings is 1. The van der Waals surface area contributed by atoms with Gasteiger partial charge < -0.3 is 10.6 Å². The zero-order valence-electron chi connectivity index (χ0n) is 13.9. The third-order valence-corrected chi connectivity index (χ3v) is 3.32. The number of anilines is 1. The molecular formula is C18H21N5O. The normalized spacial score (nSPS) is 12.1. The van der Waals surface area contributed by atoms with Crippen molar-refractivity contribution in [1.82, 2.24) is 14.9 Å². The van der Waals surface area contributed by atoms with Crippen molar-refractivity contribution < 1.29 is 4.79 Å². The number of aromatic nitrogens is 2. The minimum absolute atomic E-state index is 0.263. The van der Waals surface area contributed by atoms with Crippen LogP contribution in [0.1, 0.15) is 13.3 Å². The number of nitrogens with one attached hydrogen (secondary N) is 2. The largest absolute Gasteiger partial charge is 0.373 e. The molecule has 0 aliphatic heterocycles. The van der Waals surface area contributed by atoms with Crippen LogP contribution in [-0.2, 0) is 4.79 Å². The van der Waals surface area contributed by atoms with E-state index in [1.807, 2.05) is 36.7 Å². The Morgan fingerprint density at radius 3 is 2.79 bits per heavy atom. The molecule has 0 atom stereocenters. The van der Waals surface area contributed by atoms with Gasteiger partial charge in [0.25, 0.3) is 0 Å². The predicted molar refractivity (Wildman–Crippen MR) is 99.0 cm³/mol. The number of benzene rings is 1. The summed E-state index contributed by atoms with van der Waals surface area (Å²) in [6, 6.07) is 5.47. The van der Waals surface area contributed by atoms with Crippen LogP contribution in [-0.4, -0.2) is 28.3 Å².